The molecule has 0 radical (unpaired) electrons. The second kappa shape index (κ2) is 7.32. The first-order valence-corrected chi connectivity index (χ1v) is 6.56. The Morgan fingerprint density at radius 3 is 3.00 bits per heavy atom. The third kappa shape index (κ3) is 4.49. The molecule has 0 unspecified atom stereocenters. The monoisotopic (exact) mass is 215 g/mol. The van der Waals surface area contributed by atoms with Crippen LogP contribution in [0, 0.1) is 0 Å². The first kappa shape index (κ1) is 12.1. The summed E-state index contributed by atoms with van der Waals surface area (Å²) in [6, 6.07) is 0.705. The molecule has 0 atom stereocenters. The van der Waals surface area contributed by atoms with E-state index in [0.29, 0.717) is 12.1 Å². The van der Waals surface area contributed by atoms with Gasteiger partial charge in [0.25, 0.3) is 0 Å². The average Bonchev–Trinajstić information content (AvgIpc) is 2.13. The van der Waals surface area contributed by atoms with Crippen LogP contribution in [0.5, 0.6) is 0 Å². The summed E-state index contributed by atoms with van der Waals surface area (Å²) < 4.78 is 5.49. The highest BCUT2D eigenvalue weighted by molar-refractivity contribution is 7.99. The average molecular weight is 215 g/mol. The van der Waals surface area contributed by atoms with E-state index >= 15 is 0 Å². The molecule has 0 amide bonds. The molecule has 1 saturated carbocycles. The molecule has 1 aliphatic carbocycles. The summed E-state index contributed by atoms with van der Waals surface area (Å²) in [4.78, 5) is 0. The van der Waals surface area contributed by atoms with Crippen LogP contribution >= 0.6 is 11.8 Å². The molecule has 1 fully saturated rings. The van der Waals surface area contributed by atoms with Crippen LogP contribution in [-0.4, -0.2) is 36.8 Å². The van der Waals surface area contributed by atoms with Crippen molar-refractivity contribution in [2.24, 2.45) is 0 Å². The fourth-order valence-corrected chi connectivity index (χ4v) is 2.20. The van der Waals surface area contributed by atoms with E-state index in [-0.39, 0.29) is 0 Å². The maximum Gasteiger partial charge on any atom is 0.0604 e. The summed E-state index contributed by atoms with van der Waals surface area (Å²) in [6.45, 7) is 7.72. The van der Waals surface area contributed by atoms with Crippen molar-refractivity contribution in [1.29, 1.82) is 0 Å². The zero-order valence-corrected chi connectivity index (χ0v) is 9.81. The van der Waals surface area contributed by atoms with Gasteiger partial charge in [0.2, 0.25) is 0 Å². The highest BCUT2D eigenvalue weighted by atomic mass is 32.2. The van der Waals surface area contributed by atoms with Gasteiger partial charge in [0.1, 0.15) is 0 Å². The number of rotatable bonds is 8. The number of ether oxygens (including phenoxy) is 1. The van der Waals surface area contributed by atoms with Crippen LogP contribution < -0.4 is 5.32 Å². The van der Waals surface area contributed by atoms with Crippen LogP contribution in [0.2, 0.25) is 0 Å². The zero-order valence-electron chi connectivity index (χ0n) is 9.00. The lowest BCUT2D eigenvalue weighted by molar-refractivity contribution is -0.00929. The molecule has 1 N–H and O–H groups in total. The maximum atomic E-state index is 5.49. The molecule has 0 heterocycles. The van der Waals surface area contributed by atoms with Crippen LogP contribution in [0.1, 0.15) is 19.8 Å². The minimum Gasteiger partial charge on any atom is -0.378 e. The standard InChI is InChI=1S/C11H21NOS/c1-3-6-14-7-5-12-10-8-11(9-10)13-4-2/h3,10-12H,1,4-9H2,2H3. The predicted octanol–water partition coefficient (Wildman–Crippen LogP) is 2.06. The van der Waals surface area contributed by atoms with Gasteiger partial charge in [0.15, 0.2) is 0 Å². The SMILES string of the molecule is C=CCSCCNC1CC(OCC)C1. The van der Waals surface area contributed by atoms with Gasteiger partial charge in [-0.05, 0) is 19.8 Å². The smallest absolute Gasteiger partial charge is 0.0604 e. The summed E-state index contributed by atoms with van der Waals surface area (Å²) in [6.07, 6.45) is 4.87. The van der Waals surface area contributed by atoms with Gasteiger partial charge in [-0.1, -0.05) is 6.08 Å². The molecule has 1 rings (SSSR count). The fraction of sp³-hybridized carbons (Fsp3) is 0.818. The van der Waals surface area contributed by atoms with Gasteiger partial charge in [-0.15, -0.1) is 6.58 Å². The molecule has 2 nitrogen and oxygen atoms in total. The lowest BCUT2D eigenvalue weighted by atomic mass is 9.89. The van der Waals surface area contributed by atoms with Gasteiger partial charge in [-0.3, -0.25) is 0 Å². The third-order valence-electron chi connectivity index (χ3n) is 2.41. The van der Waals surface area contributed by atoms with E-state index in [0.717, 1.165) is 18.9 Å². The minimum absolute atomic E-state index is 0.526. The molecular formula is C11H21NOS. The summed E-state index contributed by atoms with van der Waals surface area (Å²) >= 11 is 1.93. The van der Waals surface area contributed by atoms with Crippen molar-refractivity contribution < 1.29 is 4.74 Å². The van der Waals surface area contributed by atoms with Crippen LogP contribution in [-0.2, 0) is 4.74 Å². The summed E-state index contributed by atoms with van der Waals surface area (Å²) in [5.74, 6) is 2.25. The second-order valence-electron chi connectivity index (χ2n) is 3.56. The van der Waals surface area contributed by atoms with Crippen molar-refractivity contribution in [3.63, 3.8) is 0 Å². The number of thioether (sulfide) groups is 1. The Balaban J connectivity index is 1.83. The van der Waals surface area contributed by atoms with Crippen molar-refractivity contribution in [1.82, 2.24) is 5.32 Å². The Labute approximate surface area is 91.5 Å². The van der Waals surface area contributed by atoms with Crippen LogP contribution in [0.25, 0.3) is 0 Å². The van der Waals surface area contributed by atoms with Crippen LogP contribution in [0.4, 0.5) is 0 Å². The Hall–Kier alpha value is 0.01000. The second-order valence-corrected chi connectivity index (χ2v) is 4.71. The van der Waals surface area contributed by atoms with Crippen molar-refractivity contribution in [2.45, 2.75) is 31.9 Å². The summed E-state index contributed by atoms with van der Waals surface area (Å²) in [5, 5.41) is 3.53. The highest BCUT2D eigenvalue weighted by Gasteiger charge is 2.28. The molecule has 0 spiro atoms. The lowest BCUT2D eigenvalue weighted by Gasteiger charge is -2.35. The van der Waals surface area contributed by atoms with Crippen molar-refractivity contribution in [2.75, 3.05) is 24.7 Å². The van der Waals surface area contributed by atoms with Gasteiger partial charge in [-0.25, -0.2) is 0 Å². The summed E-state index contributed by atoms with van der Waals surface area (Å²) in [5.41, 5.74) is 0. The lowest BCUT2D eigenvalue weighted by Crippen LogP contribution is -2.46. The first-order valence-electron chi connectivity index (χ1n) is 5.40. The van der Waals surface area contributed by atoms with Gasteiger partial charge in [0.05, 0.1) is 6.10 Å². The number of nitrogens with one attached hydrogen (secondary N) is 1. The molecule has 0 aromatic heterocycles. The highest BCUT2D eigenvalue weighted by Crippen LogP contribution is 2.22. The minimum atomic E-state index is 0.526. The Morgan fingerprint density at radius 1 is 1.57 bits per heavy atom. The van der Waals surface area contributed by atoms with Gasteiger partial charge in [0, 0.05) is 30.7 Å². The quantitative estimate of drug-likeness (QED) is 0.495. The van der Waals surface area contributed by atoms with Gasteiger partial charge >= 0.3 is 0 Å². The first-order chi connectivity index (χ1) is 6.86. The van der Waals surface area contributed by atoms with E-state index in [4.69, 9.17) is 4.74 Å². The third-order valence-corrected chi connectivity index (χ3v) is 3.38. The molecule has 82 valence electrons. The molecule has 1 aliphatic rings. The van der Waals surface area contributed by atoms with E-state index in [1.807, 2.05) is 17.8 Å². The molecular weight excluding hydrogens is 194 g/mol. The Bertz CT molecular complexity index is 157. The van der Waals surface area contributed by atoms with Crippen molar-refractivity contribution in [3.05, 3.63) is 12.7 Å². The molecule has 14 heavy (non-hydrogen) atoms. The van der Waals surface area contributed by atoms with E-state index in [1.165, 1.54) is 18.6 Å². The van der Waals surface area contributed by atoms with Crippen LogP contribution in [0.15, 0.2) is 12.7 Å². The molecule has 0 aliphatic heterocycles. The van der Waals surface area contributed by atoms with Crippen LogP contribution in [0.3, 0.4) is 0 Å². The Morgan fingerprint density at radius 2 is 2.36 bits per heavy atom. The van der Waals surface area contributed by atoms with E-state index in [9.17, 15) is 0 Å². The topological polar surface area (TPSA) is 21.3 Å². The fourth-order valence-electron chi connectivity index (χ4n) is 1.61. The molecule has 0 bridgehead atoms. The largest absolute Gasteiger partial charge is 0.378 e. The molecule has 0 aromatic carbocycles. The van der Waals surface area contributed by atoms with E-state index in [1.54, 1.807) is 0 Å². The van der Waals surface area contributed by atoms with Crippen molar-refractivity contribution >= 4 is 11.8 Å². The predicted molar refractivity (Wildman–Crippen MR) is 64.0 cm³/mol. The Kier molecular flexibility index (Phi) is 6.32. The normalized spacial score (nSPS) is 25.8. The summed E-state index contributed by atoms with van der Waals surface area (Å²) in [7, 11) is 0. The number of hydrogen-bond acceptors (Lipinski definition) is 3. The molecule has 3 heteroatoms. The van der Waals surface area contributed by atoms with Gasteiger partial charge < -0.3 is 10.1 Å². The zero-order chi connectivity index (χ0) is 10.2. The van der Waals surface area contributed by atoms with Crippen molar-refractivity contribution in [3.8, 4) is 0 Å². The maximum absolute atomic E-state index is 5.49. The molecule has 0 saturated heterocycles. The number of hydrogen-bond donors (Lipinski definition) is 1. The van der Waals surface area contributed by atoms with E-state index in [2.05, 4.69) is 18.8 Å². The van der Waals surface area contributed by atoms with E-state index < -0.39 is 0 Å². The molecule has 0 aromatic rings. The van der Waals surface area contributed by atoms with Gasteiger partial charge in [-0.2, -0.15) is 11.8 Å².